The molecule has 0 aliphatic carbocycles. The molecule has 2 N–H and O–H groups in total. The number of carbonyl (C=O) groups is 1. The second kappa shape index (κ2) is 4.22. The van der Waals surface area contributed by atoms with Crippen LogP contribution in [0.3, 0.4) is 0 Å². The number of hydrogen-bond acceptors (Lipinski definition) is 3. The maximum absolute atomic E-state index is 11.8. The molecule has 1 aromatic heterocycles. The number of nitrogens with two attached hydrogens (primary N) is 1. The van der Waals surface area contributed by atoms with Gasteiger partial charge in [0.2, 0.25) is 5.91 Å². The number of carbonyl (C=O) groups excluding carboxylic acids is 1. The van der Waals surface area contributed by atoms with Gasteiger partial charge in [0.25, 0.3) is 0 Å². The summed E-state index contributed by atoms with van der Waals surface area (Å²) in [5.41, 5.74) is 7.12. The van der Waals surface area contributed by atoms with Crippen LogP contribution in [0.2, 0.25) is 0 Å². The lowest BCUT2D eigenvalue weighted by molar-refractivity contribution is -0.130. The van der Waals surface area contributed by atoms with Gasteiger partial charge in [-0.1, -0.05) is 0 Å². The van der Waals surface area contributed by atoms with Crippen molar-refractivity contribution in [3.8, 4) is 0 Å². The fraction of sp³-hybridized carbons (Fsp3) is 0.500. The Bertz CT molecular complexity index is 377. The summed E-state index contributed by atoms with van der Waals surface area (Å²) in [6.07, 6.45) is 3.91. The van der Waals surface area contributed by atoms with Gasteiger partial charge in [-0.2, -0.15) is 0 Å². The lowest BCUT2D eigenvalue weighted by Gasteiger charge is -2.30. The Balaban J connectivity index is 2.34. The van der Waals surface area contributed by atoms with Crippen LogP contribution in [0.5, 0.6) is 0 Å². The quantitative estimate of drug-likeness (QED) is 0.810. The van der Waals surface area contributed by atoms with Crippen molar-refractivity contribution in [1.82, 2.24) is 9.88 Å². The first-order valence-electron chi connectivity index (χ1n) is 5.58. The standard InChI is InChI=1S/C12H17N3O/c1-8(2)15-11(16)7-10(13)12(15)9-3-5-14-6-4-9/h3-6,8,10,12H,7,13H2,1-2H3/t10-,12+/m0/s1. The molecule has 1 saturated heterocycles. The molecular formula is C12H17N3O. The maximum Gasteiger partial charge on any atom is 0.225 e. The molecule has 1 amide bonds. The van der Waals surface area contributed by atoms with E-state index >= 15 is 0 Å². The molecule has 0 bridgehead atoms. The van der Waals surface area contributed by atoms with Crippen molar-refractivity contribution >= 4 is 5.91 Å². The highest BCUT2D eigenvalue weighted by atomic mass is 16.2. The van der Waals surface area contributed by atoms with Gasteiger partial charge in [0.15, 0.2) is 0 Å². The summed E-state index contributed by atoms with van der Waals surface area (Å²) in [4.78, 5) is 17.7. The topological polar surface area (TPSA) is 59.2 Å². The summed E-state index contributed by atoms with van der Waals surface area (Å²) in [7, 11) is 0. The number of rotatable bonds is 2. The van der Waals surface area contributed by atoms with E-state index in [1.807, 2.05) is 30.9 Å². The number of hydrogen-bond donors (Lipinski definition) is 1. The minimum Gasteiger partial charge on any atom is -0.332 e. The van der Waals surface area contributed by atoms with Crippen LogP contribution >= 0.6 is 0 Å². The number of nitrogens with zero attached hydrogens (tertiary/aromatic N) is 2. The Morgan fingerprint density at radius 2 is 2.06 bits per heavy atom. The molecule has 1 aliphatic heterocycles. The molecule has 1 fully saturated rings. The molecule has 4 heteroatoms. The average molecular weight is 219 g/mol. The lowest BCUT2D eigenvalue weighted by atomic mass is 10.0. The van der Waals surface area contributed by atoms with Gasteiger partial charge >= 0.3 is 0 Å². The van der Waals surface area contributed by atoms with Crippen LogP contribution in [0.4, 0.5) is 0 Å². The van der Waals surface area contributed by atoms with Gasteiger partial charge in [0, 0.05) is 30.9 Å². The van der Waals surface area contributed by atoms with E-state index in [0.717, 1.165) is 5.56 Å². The normalized spacial score (nSPS) is 25.5. The Kier molecular flexibility index (Phi) is 2.92. The zero-order valence-corrected chi connectivity index (χ0v) is 9.63. The zero-order valence-electron chi connectivity index (χ0n) is 9.63. The van der Waals surface area contributed by atoms with Crippen molar-refractivity contribution in [2.45, 2.75) is 38.4 Å². The number of likely N-dealkylation sites (tertiary alicyclic amines) is 1. The highest BCUT2D eigenvalue weighted by molar-refractivity contribution is 5.80. The van der Waals surface area contributed by atoms with E-state index in [4.69, 9.17) is 5.73 Å². The van der Waals surface area contributed by atoms with E-state index < -0.39 is 0 Å². The van der Waals surface area contributed by atoms with Gasteiger partial charge in [-0.15, -0.1) is 0 Å². The van der Waals surface area contributed by atoms with Crippen LogP contribution in [-0.2, 0) is 4.79 Å². The molecule has 86 valence electrons. The SMILES string of the molecule is CC(C)N1C(=O)C[C@H](N)[C@H]1c1ccncc1. The van der Waals surface area contributed by atoms with Crippen LogP contribution in [-0.4, -0.2) is 27.9 Å². The van der Waals surface area contributed by atoms with Gasteiger partial charge in [0.05, 0.1) is 6.04 Å². The molecule has 2 rings (SSSR count). The third kappa shape index (κ3) is 1.80. The average Bonchev–Trinajstić information content (AvgIpc) is 2.55. The first-order chi connectivity index (χ1) is 7.61. The lowest BCUT2D eigenvalue weighted by Crippen LogP contribution is -2.37. The van der Waals surface area contributed by atoms with Gasteiger partial charge in [-0.25, -0.2) is 0 Å². The van der Waals surface area contributed by atoms with Crippen LogP contribution in [0.15, 0.2) is 24.5 Å². The molecule has 0 aromatic carbocycles. The molecule has 16 heavy (non-hydrogen) atoms. The predicted molar refractivity (Wildman–Crippen MR) is 61.6 cm³/mol. The van der Waals surface area contributed by atoms with Crippen LogP contribution in [0, 0.1) is 0 Å². The largest absolute Gasteiger partial charge is 0.332 e. The Morgan fingerprint density at radius 1 is 1.44 bits per heavy atom. The molecule has 1 aliphatic rings. The summed E-state index contributed by atoms with van der Waals surface area (Å²) in [6.45, 7) is 4.04. The third-order valence-electron chi connectivity index (χ3n) is 3.01. The van der Waals surface area contributed by atoms with Crippen LogP contribution in [0.1, 0.15) is 31.9 Å². The van der Waals surface area contributed by atoms with Crippen molar-refractivity contribution in [2.24, 2.45) is 5.73 Å². The van der Waals surface area contributed by atoms with Gasteiger partial charge < -0.3 is 10.6 Å². The Labute approximate surface area is 95.5 Å². The van der Waals surface area contributed by atoms with E-state index in [-0.39, 0.29) is 24.0 Å². The predicted octanol–water partition coefficient (Wildman–Crippen LogP) is 1.09. The fourth-order valence-electron chi connectivity index (χ4n) is 2.36. The third-order valence-corrected chi connectivity index (χ3v) is 3.01. The summed E-state index contributed by atoms with van der Waals surface area (Å²) in [5, 5.41) is 0. The van der Waals surface area contributed by atoms with Crippen molar-refractivity contribution in [1.29, 1.82) is 0 Å². The summed E-state index contributed by atoms with van der Waals surface area (Å²) in [6, 6.07) is 3.92. The van der Waals surface area contributed by atoms with Crippen molar-refractivity contribution in [3.63, 3.8) is 0 Å². The molecule has 2 heterocycles. The van der Waals surface area contributed by atoms with Crippen molar-refractivity contribution in [2.75, 3.05) is 0 Å². The first kappa shape index (κ1) is 11.1. The fourth-order valence-corrected chi connectivity index (χ4v) is 2.36. The number of aromatic nitrogens is 1. The number of pyridine rings is 1. The van der Waals surface area contributed by atoms with E-state index in [1.165, 1.54) is 0 Å². The summed E-state index contributed by atoms with van der Waals surface area (Å²) < 4.78 is 0. The minimum atomic E-state index is -0.114. The molecule has 2 atom stereocenters. The molecule has 0 saturated carbocycles. The summed E-state index contributed by atoms with van der Waals surface area (Å²) in [5.74, 6) is 0.143. The highest BCUT2D eigenvalue weighted by Gasteiger charge is 2.39. The van der Waals surface area contributed by atoms with Crippen LogP contribution in [0.25, 0.3) is 0 Å². The molecular weight excluding hydrogens is 202 g/mol. The maximum atomic E-state index is 11.8. The second-order valence-electron chi connectivity index (χ2n) is 4.49. The zero-order chi connectivity index (χ0) is 11.7. The molecule has 0 radical (unpaired) electrons. The second-order valence-corrected chi connectivity index (χ2v) is 4.49. The monoisotopic (exact) mass is 219 g/mol. The van der Waals surface area contributed by atoms with E-state index in [2.05, 4.69) is 4.98 Å². The Hall–Kier alpha value is -1.42. The first-order valence-corrected chi connectivity index (χ1v) is 5.58. The van der Waals surface area contributed by atoms with Crippen molar-refractivity contribution < 1.29 is 4.79 Å². The summed E-state index contributed by atoms with van der Waals surface area (Å²) >= 11 is 0. The minimum absolute atomic E-state index is 0.00417. The van der Waals surface area contributed by atoms with E-state index in [1.54, 1.807) is 12.4 Å². The van der Waals surface area contributed by atoms with E-state index in [0.29, 0.717) is 6.42 Å². The molecule has 4 nitrogen and oxygen atoms in total. The molecule has 0 unspecified atom stereocenters. The van der Waals surface area contributed by atoms with Crippen molar-refractivity contribution in [3.05, 3.63) is 30.1 Å². The van der Waals surface area contributed by atoms with Crippen LogP contribution < -0.4 is 5.73 Å². The highest BCUT2D eigenvalue weighted by Crippen LogP contribution is 2.33. The van der Waals surface area contributed by atoms with Gasteiger partial charge in [0.1, 0.15) is 0 Å². The number of amides is 1. The van der Waals surface area contributed by atoms with Gasteiger partial charge in [-0.05, 0) is 31.5 Å². The Morgan fingerprint density at radius 3 is 2.62 bits per heavy atom. The molecule has 1 aromatic rings. The van der Waals surface area contributed by atoms with E-state index in [9.17, 15) is 4.79 Å². The molecule has 0 spiro atoms. The van der Waals surface area contributed by atoms with Gasteiger partial charge in [-0.3, -0.25) is 9.78 Å². The smallest absolute Gasteiger partial charge is 0.225 e.